The van der Waals surface area contributed by atoms with Gasteiger partial charge in [0.1, 0.15) is 10.7 Å². The Bertz CT molecular complexity index is 683. The molecule has 0 saturated carbocycles. The third-order valence-electron chi connectivity index (χ3n) is 2.74. The van der Waals surface area contributed by atoms with Crippen LogP contribution < -0.4 is 0 Å². The molecule has 0 aliphatic rings. The molecule has 0 spiro atoms. The van der Waals surface area contributed by atoms with Crippen molar-refractivity contribution >= 4 is 28.5 Å². The lowest BCUT2D eigenvalue weighted by atomic mass is 10.0. The van der Waals surface area contributed by atoms with Crippen LogP contribution >= 0.6 is 11.6 Å². The molecule has 3 nitrogen and oxygen atoms in total. The summed E-state index contributed by atoms with van der Waals surface area (Å²) in [6.45, 7) is 1.48. The first-order chi connectivity index (χ1) is 8.71. The van der Waals surface area contributed by atoms with E-state index in [1.807, 2.05) is 0 Å². The average molecular weight is 290 g/mol. The maximum atomic E-state index is 12.6. The summed E-state index contributed by atoms with van der Waals surface area (Å²) in [6, 6.07) is 2.93. The van der Waals surface area contributed by atoms with Crippen molar-refractivity contribution in [2.24, 2.45) is 0 Å². The van der Waals surface area contributed by atoms with Gasteiger partial charge in [-0.15, -0.1) is 0 Å². The number of carboxylic acid groups (broad SMARTS) is 1. The van der Waals surface area contributed by atoms with E-state index < -0.39 is 17.7 Å². The molecular formula is C12H7ClF3NO2. The molecule has 1 aromatic heterocycles. The van der Waals surface area contributed by atoms with Crippen molar-refractivity contribution in [3.63, 3.8) is 0 Å². The topological polar surface area (TPSA) is 50.2 Å². The van der Waals surface area contributed by atoms with Crippen molar-refractivity contribution in [3.05, 3.63) is 40.0 Å². The summed E-state index contributed by atoms with van der Waals surface area (Å²) in [5, 5.41) is 8.99. The number of halogens is 4. The average Bonchev–Trinajstić information content (AvgIpc) is 2.26. The second-order valence-electron chi connectivity index (χ2n) is 3.94. The van der Waals surface area contributed by atoms with Gasteiger partial charge in [0, 0.05) is 5.39 Å². The molecule has 0 atom stereocenters. The molecule has 0 unspecified atom stereocenters. The maximum absolute atomic E-state index is 12.6. The number of alkyl halides is 3. The zero-order valence-electron chi connectivity index (χ0n) is 9.55. The van der Waals surface area contributed by atoms with Gasteiger partial charge in [-0.1, -0.05) is 17.7 Å². The molecule has 7 heteroatoms. The molecule has 0 amide bonds. The van der Waals surface area contributed by atoms with Gasteiger partial charge in [-0.05, 0) is 24.6 Å². The Labute approximate surface area is 110 Å². The maximum Gasteiger partial charge on any atom is 0.416 e. The lowest BCUT2D eigenvalue weighted by Crippen LogP contribution is -2.07. The Morgan fingerprint density at radius 1 is 1.37 bits per heavy atom. The van der Waals surface area contributed by atoms with E-state index >= 15 is 0 Å². The van der Waals surface area contributed by atoms with Gasteiger partial charge in [-0.3, -0.25) is 0 Å². The molecule has 0 aliphatic carbocycles. The molecule has 0 radical (unpaired) electrons. The molecule has 2 rings (SSSR count). The van der Waals surface area contributed by atoms with E-state index in [1.54, 1.807) is 0 Å². The van der Waals surface area contributed by atoms with Crippen molar-refractivity contribution in [3.8, 4) is 0 Å². The van der Waals surface area contributed by atoms with Crippen molar-refractivity contribution in [2.75, 3.05) is 0 Å². The summed E-state index contributed by atoms with van der Waals surface area (Å²) in [5.74, 6) is -1.27. The minimum Gasteiger partial charge on any atom is -0.478 e. The van der Waals surface area contributed by atoms with Crippen LogP contribution in [0.1, 0.15) is 21.5 Å². The fraction of sp³-hybridized carbons (Fsp3) is 0.167. The van der Waals surface area contributed by atoms with E-state index in [4.69, 9.17) is 16.7 Å². The Hall–Kier alpha value is -1.82. The molecule has 100 valence electrons. The van der Waals surface area contributed by atoms with Gasteiger partial charge < -0.3 is 5.11 Å². The molecule has 0 fully saturated rings. The highest BCUT2D eigenvalue weighted by molar-refractivity contribution is 6.33. The SMILES string of the molecule is Cc1c(C(=O)O)c(Cl)nc2cc(C(F)(F)F)ccc12. The quantitative estimate of drug-likeness (QED) is 0.810. The Morgan fingerprint density at radius 2 is 2.00 bits per heavy atom. The smallest absolute Gasteiger partial charge is 0.416 e. The Balaban J connectivity index is 2.78. The summed E-state index contributed by atoms with van der Waals surface area (Å²) in [5.41, 5.74) is -0.751. The number of hydrogen-bond donors (Lipinski definition) is 1. The van der Waals surface area contributed by atoms with Crippen LogP contribution in [-0.4, -0.2) is 16.1 Å². The van der Waals surface area contributed by atoms with Gasteiger partial charge >= 0.3 is 12.1 Å². The zero-order valence-corrected chi connectivity index (χ0v) is 10.3. The first-order valence-corrected chi connectivity index (χ1v) is 5.50. The monoisotopic (exact) mass is 289 g/mol. The highest BCUT2D eigenvalue weighted by atomic mass is 35.5. The second-order valence-corrected chi connectivity index (χ2v) is 4.30. The number of fused-ring (bicyclic) bond motifs is 1. The third kappa shape index (κ3) is 2.35. The Morgan fingerprint density at radius 3 is 2.53 bits per heavy atom. The van der Waals surface area contributed by atoms with Crippen molar-refractivity contribution in [1.82, 2.24) is 4.98 Å². The lowest BCUT2D eigenvalue weighted by Gasteiger charge is -2.11. The molecule has 19 heavy (non-hydrogen) atoms. The van der Waals surface area contributed by atoms with Crippen LogP contribution in [0.15, 0.2) is 18.2 Å². The van der Waals surface area contributed by atoms with E-state index in [0.717, 1.165) is 12.1 Å². The van der Waals surface area contributed by atoms with E-state index in [-0.39, 0.29) is 21.8 Å². The molecule has 1 aromatic carbocycles. The summed E-state index contributed by atoms with van der Waals surface area (Å²) < 4.78 is 37.7. The molecule has 0 bridgehead atoms. The standard InChI is InChI=1S/C12H7ClF3NO2/c1-5-7-3-2-6(12(14,15)16)4-8(7)17-10(13)9(5)11(18)19/h2-4H,1H3,(H,18,19). The van der Waals surface area contributed by atoms with Gasteiger partial charge in [0.25, 0.3) is 0 Å². The van der Waals surface area contributed by atoms with Gasteiger partial charge in [0.15, 0.2) is 0 Å². The van der Waals surface area contributed by atoms with Crippen molar-refractivity contribution in [1.29, 1.82) is 0 Å². The van der Waals surface area contributed by atoms with E-state index in [9.17, 15) is 18.0 Å². The van der Waals surface area contributed by atoms with Crippen LogP contribution in [-0.2, 0) is 6.18 Å². The van der Waals surface area contributed by atoms with Crippen molar-refractivity contribution in [2.45, 2.75) is 13.1 Å². The third-order valence-corrected chi connectivity index (χ3v) is 3.02. The van der Waals surface area contributed by atoms with Crippen LogP contribution in [0.3, 0.4) is 0 Å². The number of hydrogen-bond acceptors (Lipinski definition) is 2. The summed E-state index contributed by atoms with van der Waals surface area (Å²) in [6.07, 6.45) is -4.48. The van der Waals surface area contributed by atoms with Crippen molar-refractivity contribution < 1.29 is 23.1 Å². The summed E-state index contributed by atoms with van der Waals surface area (Å²) in [4.78, 5) is 14.7. The van der Waals surface area contributed by atoms with E-state index in [2.05, 4.69) is 4.98 Å². The largest absolute Gasteiger partial charge is 0.478 e. The number of benzene rings is 1. The fourth-order valence-corrected chi connectivity index (χ4v) is 2.13. The fourth-order valence-electron chi connectivity index (χ4n) is 1.82. The van der Waals surface area contributed by atoms with Crippen LogP contribution in [0.25, 0.3) is 10.9 Å². The minimum absolute atomic E-state index is 0.0160. The van der Waals surface area contributed by atoms with E-state index in [1.165, 1.54) is 13.0 Å². The lowest BCUT2D eigenvalue weighted by molar-refractivity contribution is -0.137. The predicted octanol–water partition coefficient (Wildman–Crippen LogP) is 3.91. The number of aryl methyl sites for hydroxylation is 1. The number of nitrogens with zero attached hydrogens (tertiary/aromatic N) is 1. The molecule has 1 N–H and O–H groups in total. The Kier molecular flexibility index (Phi) is 3.14. The molecule has 1 heterocycles. The first kappa shape index (κ1) is 13.6. The van der Waals surface area contributed by atoms with Crippen LogP contribution in [0.4, 0.5) is 13.2 Å². The zero-order chi connectivity index (χ0) is 14.4. The normalized spacial score (nSPS) is 11.8. The summed E-state index contributed by atoms with van der Waals surface area (Å²) >= 11 is 5.70. The van der Waals surface area contributed by atoms with E-state index in [0.29, 0.717) is 5.39 Å². The first-order valence-electron chi connectivity index (χ1n) is 5.12. The van der Waals surface area contributed by atoms with Crippen LogP contribution in [0.5, 0.6) is 0 Å². The minimum atomic E-state index is -4.48. The predicted molar refractivity (Wildman–Crippen MR) is 63.5 cm³/mol. The number of aromatic carboxylic acids is 1. The summed E-state index contributed by atoms with van der Waals surface area (Å²) in [7, 11) is 0. The molecule has 0 saturated heterocycles. The van der Waals surface area contributed by atoms with Crippen LogP contribution in [0.2, 0.25) is 5.15 Å². The van der Waals surface area contributed by atoms with Gasteiger partial charge in [-0.2, -0.15) is 13.2 Å². The van der Waals surface area contributed by atoms with Gasteiger partial charge in [-0.25, -0.2) is 9.78 Å². The second kappa shape index (κ2) is 4.38. The van der Waals surface area contributed by atoms with Crippen LogP contribution in [0, 0.1) is 6.92 Å². The highest BCUT2D eigenvalue weighted by Crippen LogP contribution is 2.33. The molecular weight excluding hydrogens is 283 g/mol. The number of rotatable bonds is 1. The number of pyridine rings is 1. The van der Waals surface area contributed by atoms with Gasteiger partial charge in [0.2, 0.25) is 0 Å². The highest BCUT2D eigenvalue weighted by Gasteiger charge is 2.31. The van der Waals surface area contributed by atoms with Gasteiger partial charge in [0.05, 0.1) is 11.1 Å². The molecule has 2 aromatic rings. The number of carboxylic acids is 1. The number of aromatic nitrogens is 1. The molecule has 0 aliphatic heterocycles. The number of carbonyl (C=O) groups is 1.